The molecule has 0 aromatic carbocycles. The summed E-state index contributed by atoms with van der Waals surface area (Å²) in [4.78, 5) is 8.70. The first-order chi connectivity index (χ1) is 8.54. The van der Waals surface area contributed by atoms with Crippen molar-refractivity contribution in [2.24, 2.45) is 0 Å². The minimum absolute atomic E-state index is 0.133. The normalized spacial score (nSPS) is 18.2. The molecular weight excluding hydrogens is 228 g/mol. The van der Waals surface area contributed by atoms with Crippen molar-refractivity contribution in [2.45, 2.75) is 51.0 Å². The predicted molar refractivity (Wildman–Crippen MR) is 72.4 cm³/mol. The van der Waals surface area contributed by atoms with Gasteiger partial charge < -0.3 is 16.2 Å². The molecule has 0 saturated heterocycles. The third-order valence-corrected chi connectivity index (χ3v) is 3.54. The number of nitrogens with two attached hydrogens (primary N) is 1. The smallest absolute Gasteiger partial charge is 0.135 e. The van der Waals surface area contributed by atoms with Crippen LogP contribution in [0, 0.1) is 0 Å². The Morgan fingerprint density at radius 2 is 2.06 bits per heavy atom. The van der Waals surface area contributed by atoms with Crippen molar-refractivity contribution in [3.63, 3.8) is 0 Å². The van der Waals surface area contributed by atoms with Crippen LogP contribution in [0.25, 0.3) is 0 Å². The predicted octanol–water partition coefficient (Wildman–Crippen LogP) is 1.90. The number of hydrogen-bond donors (Lipinski definition) is 3. The first kappa shape index (κ1) is 13.1. The van der Waals surface area contributed by atoms with E-state index in [1.54, 1.807) is 6.07 Å². The van der Waals surface area contributed by atoms with Gasteiger partial charge in [-0.3, -0.25) is 0 Å². The lowest BCUT2D eigenvalue weighted by Gasteiger charge is -2.28. The summed E-state index contributed by atoms with van der Waals surface area (Å²) < 4.78 is 0. The van der Waals surface area contributed by atoms with Crippen LogP contribution in [0.15, 0.2) is 6.07 Å². The van der Waals surface area contributed by atoms with Gasteiger partial charge in [-0.1, -0.05) is 26.7 Å². The van der Waals surface area contributed by atoms with Crippen molar-refractivity contribution in [1.29, 1.82) is 0 Å². The first-order valence-corrected chi connectivity index (χ1v) is 6.58. The molecule has 1 fully saturated rings. The van der Waals surface area contributed by atoms with Crippen LogP contribution in [-0.2, 0) is 0 Å². The standard InChI is InChI=1S/C13H22N4O/c1-9(2)12-15-10(14)7-11(16-12)17-13(8-18)5-3-4-6-13/h7,9,18H,3-6,8H2,1-2H3,(H3,14,15,16,17). The first-order valence-electron chi connectivity index (χ1n) is 6.58. The molecule has 0 aliphatic heterocycles. The summed E-state index contributed by atoms with van der Waals surface area (Å²) in [5, 5.41) is 12.9. The lowest BCUT2D eigenvalue weighted by Crippen LogP contribution is -2.39. The molecule has 0 radical (unpaired) electrons. The van der Waals surface area contributed by atoms with Crippen molar-refractivity contribution in [1.82, 2.24) is 9.97 Å². The number of aliphatic hydroxyl groups excluding tert-OH is 1. The number of anilines is 2. The maximum Gasteiger partial charge on any atom is 0.135 e. The maximum atomic E-state index is 9.59. The van der Waals surface area contributed by atoms with Crippen LogP contribution < -0.4 is 11.1 Å². The van der Waals surface area contributed by atoms with Crippen LogP contribution >= 0.6 is 0 Å². The minimum Gasteiger partial charge on any atom is -0.394 e. The summed E-state index contributed by atoms with van der Waals surface area (Å²) in [5.74, 6) is 2.18. The highest BCUT2D eigenvalue weighted by Gasteiger charge is 2.33. The lowest BCUT2D eigenvalue weighted by molar-refractivity contribution is 0.214. The third-order valence-electron chi connectivity index (χ3n) is 3.54. The number of nitrogen functional groups attached to an aromatic ring is 1. The van der Waals surface area contributed by atoms with E-state index in [1.807, 2.05) is 13.8 Å². The summed E-state index contributed by atoms with van der Waals surface area (Å²) in [6.07, 6.45) is 4.24. The van der Waals surface area contributed by atoms with Gasteiger partial charge in [0.05, 0.1) is 12.1 Å². The van der Waals surface area contributed by atoms with Crippen LogP contribution in [-0.4, -0.2) is 27.2 Å². The Kier molecular flexibility index (Phi) is 3.71. The second-order valence-electron chi connectivity index (χ2n) is 5.46. The molecule has 1 aliphatic rings. The number of rotatable bonds is 4. The van der Waals surface area contributed by atoms with Gasteiger partial charge in [-0.05, 0) is 12.8 Å². The van der Waals surface area contributed by atoms with Gasteiger partial charge in [0.1, 0.15) is 17.5 Å². The Bertz CT molecular complexity index is 413. The van der Waals surface area contributed by atoms with Crippen molar-refractivity contribution >= 4 is 11.6 Å². The number of hydrogen-bond acceptors (Lipinski definition) is 5. The van der Waals surface area contributed by atoms with E-state index in [9.17, 15) is 5.11 Å². The fourth-order valence-corrected chi connectivity index (χ4v) is 2.45. The van der Waals surface area contributed by atoms with Gasteiger partial charge in [-0.15, -0.1) is 0 Å². The Balaban J connectivity index is 2.22. The fourth-order valence-electron chi connectivity index (χ4n) is 2.45. The van der Waals surface area contributed by atoms with E-state index in [1.165, 1.54) is 0 Å². The van der Waals surface area contributed by atoms with Gasteiger partial charge in [-0.2, -0.15) is 0 Å². The molecular formula is C13H22N4O. The Labute approximate surface area is 108 Å². The third kappa shape index (κ3) is 2.72. The summed E-state index contributed by atoms with van der Waals surface area (Å²) in [5.41, 5.74) is 5.58. The number of nitrogens with one attached hydrogen (secondary N) is 1. The zero-order valence-electron chi connectivity index (χ0n) is 11.1. The van der Waals surface area contributed by atoms with E-state index in [2.05, 4.69) is 15.3 Å². The summed E-state index contributed by atoms with van der Waals surface area (Å²) in [6, 6.07) is 1.74. The molecule has 18 heavy (non-hydrogen) atoms. The van der Waals surface area contributed by atoms with E-state index in [0.29, 0.717) is 5.82 Å². The number of aromatic nitrogens is 2. The van der Waals surface area contributed by atoms with Crippen LogP contribution in [0.3, 0.4) is 0 Å². The van der Waals surface area contributed by atoms with Gasteiger partial charge >= 0.3 is 0 Å². The molecule has 0 bridgehead atoms. The molecule has 0 amide bonds. The Morgan fingerprint density at radius 1 is 1.39 bits per heavy atom. The highest BCUT2D eigenvalue weighted by atomic mass is 16.3. The van der Waals surface area contributed by atoms with E-state index in [-0.39, 0.29) is 18.1 Å². The minimum atomic E-state index is -0.227. The Hall–Kier alpha value is -1.36. The molecule has 4 N–H and O–H groups in total. The molecule has 0 atom stereocenters. The summed E-state index contributed by atoms with van der Waals surface area (Å²) in [7, 11) is 0. The lowest BCUT2D eigenvalue weighted by atomic mass is 9.99. The van der Waals surface area contributed by atoms with Gasteiger partial charge in [0.15, 0.2) is 0 Å². The Morgan fingerprint density at radius 3 is 2.61 bits per heavy atom. The van der Waals surface area contributed by atoms with Gasteiger partial charge in [-0.25, -0.2) is 9.97 Å². The molecule has 1 aliphatic carbocycles. The van der Waals surface area contributed by atoms with E-state index in [4.69, 9.17) is 5.73 Å². The van der Waals surface area contributed by atoms with E-state index >= 15 is 0 Å². The topological polar surface area (TPSA) is 84.1 Å². The monoisotopic (exact) mass is 250 g/mol. The quantitative estimate of drug-likeness (QED) is 0.760. The summed E-state index contributed by atoms with van der Waals surface area (Å²) in [6.45, 7) is 4.21. The van der Waals surface area contributed by atoms with Crippen LogP contribution in [0.2, 0.25) is 0 Å². The second-order valence-corrected chi connectivity index (χ2v) is 5.46. The highest BCUT2D eigenvalue weighted by molar-refractivity contribution is 5.47. The zero-order chi connectivity index (χ0) is 13.2. The molecule has 1 aromatic rings. The van der Waals surface area contributed by atoms with Crippen molar-refractivity contribution in [3.8, 4) is 0 Å². The average molecular weight is 250 g/mol. The van der Waals surface area contributed by atoms with Crippen molar-refractivity contribution in [3.05, 3.63) is 11.9 Å². The molecule has 1 saturated carbocycles. The molecule has 1 aromatic heterocycles. The van der Waals surface area contributed by atoms with Crippen molar-refractivity contribution < 1.29 is 5.11 Å². The molecule has 0 unspecified atom stereocenters. The number of nitrogens with zero attached hydrogens (tertiary/aromatic N) is 2. The summed E-state index contributed by atoms with van der Waals surface area (Å²) >= 11 is 0. The van der Waals surface area contributed by atoms with Crippen molar-refractivity contribution in [2.75, 3.05) is 17.7 Å². The van der Waals surface area contributed by atoms with Gasteiger partial charge in [0, 0.05) is 12.0 Å². The molecule has 100 valence electrons. The van der Waals surface area contributed by atoms with Gasteiger partial charge in [0.2, 0.25) is 0 Å². The molecule has 1 heterocycles. The average Bonchev–Trinajstić information content (AvgIpc) is 2.77. The zero-order valence-corrected chi connectivity index (χ0v) is 11.1. The fraction of sp³-hybridized carbons (Fsp3) is 0.692. The van der Waals surface area contributed by atoms with Gasteiger partial charge in [0.25, 0.3) is 0 Å². The molecule has 0 spiro atoms. The molecule has 2 rings (SSSR count). The second kappa shape index (κ2) is 5.10. The van der Waals surface area contributed by atoms with Crippen LogP contribution in [0.4, 0.5) is 11.6 Å². The van der Waals surface area contributed by atoms with E-state index in [0.717, 1.165) is 37.3 Å². The maximum absolute atomic E-state index is 9.59. The molecule has 5 nitrogen and oxygen atoms in total. The van der Waals surface area contributed by atoms with Crippen LogP contribution in [0.1, 0.15) is 51.3 Å². The van der Waals surface area contributed by atoms with E-state index < -0.39 is 0 Å². The molecule has 5 heteroatoms. The SMILES string of the molecule is CC(C)c1nc(N)cc(NC2(CO)CCCC2)n1. The number of aliphatic hydroxyl groups is 1. The van der Waals surface area contributed by atoms with Crippen LogP contribution in [0.5, 0.6) is 0 Å². The largest absolute Gasteiger partial charge is 0.394 e. The highest BCUT2D eigenvalue weighted by Crippen LogP contribution is 2.32.